The standard InChI is InChI=1S/C15H16O5S/c1-15(2,10-6-4-3-5-7-10)11-8-12(16)14(17)13(9-11)21(18,19)20/h3-9,16-17H,1-2H3,(H,18,19,20). The van der Waals surface area contributed by atoms with Gasteiger partial charge in [-0.15, -0.1) is 0 Å². The molecule has 0 saturated carbocycles. The molecule has 6 heteroatoms. The summed E-state index contributed by atoms with van der Waals surface area (Å²) in [5, 5.41) is 19.3. The predicted molar refractivity (Wildman–Crippen MR) is 78.2 cm³/mol. The fraction of sp³-hybridized carbons (Fsp3) is 0.200. The van der Waals surface area contributed by atoms with Crippen molar-refractivity contribution in [1.82, 2.24) is 0 Å². The highest BCUT2D eigenvalue weighted by Crippen LogP contribution is 2.40. The van der Waals surface area contributed by atoms with Gasteiger partial charge in [0.25, 0.3) is 10.1 Å². The molecule has 0 saturated heterocycles. The van der Waals surface area contributed by atoms with Crippen LogP contribution in [-0.2, 0) is 15.5 Å². The van der Waals surface area contributed by atoms with Gasteiger partial charge in [0.05, 0.1) is 0 Å². The van der Waals surface area contributed by atoms with Gasteiger partial charge >= 0.3 is 0 Å². The first-order chi connectivity index (χ1) is 9.64. The third-order valence-electron chi connectivity index (χ3n) is 3.55. The zero-order valence-corrected chi connectivity index (χ0v) is 12.4. The lowest BCUT2D eigenvalue weighted by Gasteiger charge is -2.26. The van der Waals surface area contributed by atoms with E-state index < -0.39 is 31.9 Å². The minimum absolute atomic E-state index is 0.455. The van der Waals surface area contributed by atoms with Gasteiger partial charge in [-0.05, 0) is 23.3 Å². The lowest BCUT2D eigenvalue weighted by Crippen LogP contribution is -2.19. The maximum Gasteiger partial charge on any atom is 0.298 e. The van der Waals surface area contributed by atoms with E-state index in [2.05, 4.69) is 0 Å². The molecule has 112 valence electrons. The second-order valence-electron chi connectivity index (χ2n) is 5.31. The normalized spacial score (nSPS) is 12.3. The summed E-state index contributed by atoms with van der Waals surface area (Å²) < 4.78 is 31.8. The van der Waals surface area contributed by atoms with Crippen LogP contribution in [0, 0.1) is 0 Å². The SMILES string of the molecule is CC(C)(c1ccccc1)c1cc(O)c(O)c(S(=O)(=O)O)c1. The summed E-state index contributed by atoms with van der Waals surface area (Å²) in [5.41, 5.74) is 0.735. The average Bonchev–Trinajstić information content (AvgIpc) is 2.41. The maximum absolute atomic E-state index is 11.3. The van der Waals surface area contributed by atoms with Crippen molar-refractivity contribution in [2.24, 2.45) is 0 Å². The van der Waals surface area contributed by atoms with Crippen LogP contribution in [-0.4, -0.2) is 23.2 Å². The summed E-state index contributed by atoms with van der Waals surface area (Å²) in [6, 6.07) is 11.8. The summed E-state index contributed by atoms with van der Waals surface area (Å²) in [4.78, 5) is -0.707. The number of aromatic hydroxyl groups is 2. The minimum atomic E-state index is -4.63. The molecule has 2 rings (SSSR count). The average molecular weight is 308 g/mol. The van der Waals surface area contributed by atoms with Crippen LogP contribution in [0.4, 0.5) is 0 Å². The lowest BCUT2D eigenvalue weighted by atomic mass is 9.78. The van der Waals surface area contributed by atoms with Crippen molar-refractivity contribution >= 4 is 10.1 Å². The monoisotopic (exact) mass is 308 g/mol. The van der Waals surface area contributed by atoms with E-state index in [1.54, 1.807) is 0 Å². The minimum Gasteiger partial charge on any atom is -0.504 e. The van der Waals surface area contributed by atoms with Gasteiger partial charge in [-0.1, -0.05) is 44.2 Å². The summed E-state index contributed by atoms with van der Waals surface area (Å²) in [6.45, 7) is 3.70. The Morgan fingerprint density at radius 3 is 2.05 bits per heavy atom. The third-order valence-corrected chi connectivity index (χ3v) is 4.42. The fourth-order valence-corrected chi connectivity index (χ4v) is 2.80. The zero-order chi connectivity index (χ0) is 15.8. The van der Waals surface area contributed by atoms with Crippen molar-refractivity contribution in [3.8, 4) is 11.5 Å². The highest BCUT2D eigenvalue weighted by molar-refractivity contribution is 7.86. The largest absolute Gasteiger partial charge is 0.504 e. The molecule has 0 bridgehead atoms. The maximum atomic E-state index is 11.3. The van der Waals surface area contributed by atoms with Gasteiger partial charge in [-0.2, -0.15) is 8.42 Å². The van der Waals surface area contributed by atoms with Crippen LogP contribution in [0.5, 0.6) is 11.5 Å². The number of phenolic OH excluding ortho intramolecular Hbond substituents is 2. The number of rotatable bonds is 3. The quantitative estimate of drug-likeness (QED) is 0.598. The third kappa shape index (κ3) is 2.86. The van der Waals surface area contributed by atoms with Gasteiger partial charge in [0.15, 0.2) is 11.5 Å². The first kappa shape index (κ1) is 15.3. The Morgan fingerprint density at radius 2 is 1.52 bits per heavy atom. The molecule has 0 aliphatic rings. The van der Waals surface area contributed by atoms with Crippen molar-refractivity contribution in [3.63, 3.8) is 0 Å². The number of phenols is 2. The second kappa shape index (κ2) is 5.05. The summed E-state index contributed by atoms with van der Waals surface area (Å²) in [5.74, 6) is -1.45. The molecule has 2 aromatic carbocycles. The molecule has 0 heterocycles. The van der Waals surface area contributed by atoms with Crippen LogP contribution < -0.4 is 0 Å². The first-order valence-corrected chi connectivity index (χ1v) is 7.67. The van der Waals surface area contributed by atoms with Gasteiger partial charge < -0.3 is 10.2 Å². The van der Waals surface area contributed by atoms with Crippen LogP contribution in [0.3, 0.4) is 0 Å². The molecule has 0 spiro atoms. The highest BCUT2D eigenvalue weighted by atomic mass is 32.2. The Kier molecular flexibility index (Phi) is 3.69. The zero-order valence-electron chi connectivity index (χ0n) is 11.6. The van der Waals surface area contributed by atoms with E-state index in [9.17, 15) is 18.6 Å². The van der Waals surface area contributed by atoms with Crippen molar-refractivity contribution in [1.29, 1.82) is 0 Å². The first-order valence-electron chi connectivity index (χ1n) is 6.23. The second-order valence-corrected chi connectivity index (χ2v) is 6.70. The van der Waals surface area contributed by atoms with E-state index in [1.165, 1.54) is 6.07 Å². The van der Waals surface area contributed by atoms with Gasteiger partial charge in [0.1, 0.15) is 4.90 Å². The van der Waals surface area contributed by atoms with Crippen LogP contribution in [0.2, 0.25) is 0 Å². The van der Waals surface area contributed by atoms with Gasteiger partial charge in [-0.25, -0.2) is 0 Å². The van der Waals surface area contributed by atoms with Crippen molar-refractivity contribution in [2.75, 3.05) is 0 Å². The molecular weight excluding hydrogens is 292 g/mol. The Hall–Kier alpha value is -2.05. The summed E-state index contributed by atoms with van der Waals surface area (Å²) in [6.07, 6.45) is 0. The summed E-state index contributed by atoms with van der Waals surface area (Å²) in [7, 11) is -4.63. The molecule has 2 aromatic rings. The molecule has 0 aliphatic heterocycles. The Labute approximate surface area is 123 Å². The molecule has 0 radical (unpaired) electrons. The van der Waals surface area contributed by atoms with Crippen LogP contribution in [0.25, 0.3) is 0 Å². The summed E-state index contributed by atoms with van der Waals surface area (Å²) >= 11 is 0. The van der Waals surface area contributed by atoms with E-state index in [0.717, 1.165) is 11.6 Å². The van der Waals surface area contributed by atoms with E-state index >= 15 is 0 Å². The molecule has 0 amide bonds. The molecule has 3 N–H and O–H groups in total. The molecule has 0 fully saturated rings. The van der Waals surface area contributed by atoms with Crippen molar-refractivity contribution in [3.05, 3.63) is 53.6 Å². The van der Waals surface area contributed by atoms with Crippen LogP contribution >= 0.6 is 0 Å². The van der Waals surface area contributed by atoms with Crippen molar-refractivity contribution in [2.45, 2.75) is 24.2 Å². The van der Waals surface area contributed by atoms with E-state index in [0.29, 0.717) is 5.56 Å². The van der Waals surface area contributed by atoms with Gasteiger partial charge in [-0.3, -0.25) is 4.55 Å². The number of hydrogen-bond acceptors (Lipinski definition) is 4. The lowest BCUT2D eigenvalue weighted by molar-refractivity contribution is 0.387. The molecule has 0 unspecified atom stereocenters. The molecule has 21 heavy (non-hydrogen) atoms. The Balaban J connectivity index is 2.68. The molecule has 0 atom stereocenters. The van der Waals surface area contributed by atoms with Crippen LogP contribution in [0.1, 0.15) is 25.0 Å². The molecular formula is C15H16O5S. The molecule has 0 aliphatic carbocycles. The topological polar surface area (TPSA) is 94.8 Å². The van der Waals surface area contributed by atoms with Gasteiger partial charge in [0.2, 0.25) is 0 Å². The van der Waals surface area contributed by atoms with Crippen LogP contribution in [0.15, 0.2) is 47.4 Å². The number of hydrogen-bond donors (Lipinski definition) is 3. The van der Waals surface area contributed by atoms with E-state index in [-0.39, 0.29) is 0 Å². The number of benzene rings is 2. The van der Waals surface area contributed by atoms with E-state index in [4.69, 9.17) is 4.55 Å². The fourth-order valence-electron chi connectivity index (χ4n) is 2.17. The van der Waals surface area contributed by atoms with Gasteiger partial charge in [0, 0.05) is 5.41 Å². The van der Waals surface area contributed by atoms with E-state index in [1.807, 2.05) is 44.2 Å². The Morgan fingerprint density at radius 1 is 0.952 bits per heavy atom. The highest BCUT2D eigenvalue weighted by Gasteiger charge is 2.28. The smallest absolute Gasteiger partial charge is 0.298 e. The Bertz CT molecular complexity index is 764. The van der Waals surface area contributed by atoms with Crippen molar-refractivity contribution < 1.29 is 23.2 Å². The molecule has 0 aromatic heterocycles. The molecule has 5 nitrogen and oxygen atoms in total. The predicted octanol–water partition coefficient (Wildman–Crippen LogP) is 2.67.